The summed E-state index contributed by atoms with van der Waals surface area (Å²) < 4.78 is 4.33. The van der Waals surface area contributed by atoms with E-state index in [9.17, 15) is 14.4 Å². The van der Waals surface area contributed by atoms with Crippen LogP contribution in [0.2, 0.25) is 0 Å². The standard InChI is InChI=1S/C8H8.C7H12O2.C5H8O3.C4H6O2/c1-2-8-6-4-3-5-7-8;1-3-4-5-6(2)7(8)9;1-2-5(7)8-4-3-6;1-3(2)4(5)6/h2-7H,1H2;2-5H2,1H3,(H,8,9);2,6H,1,3-4H2;1H2,2H3,(H,5,6). The Kier molecular flexibility index (Phi) is 23.7. The maximum absolute atomic E-state index is 10.1. The minimum atomic E-state index is -0.935. The van der Waals surface area contributed by atoms with Crippen LogP contribution in [-0.2, 0) is 19.1 Å². The van der Waals surface area contributed by atoms with Crippen LogP contribution >= 0.6 is 0 Å². The highest BCUT2D eigenvalue weighted by molar-refractivity contribution is 5.85. The maximum atomic E-state index is 10.1. The zero-order valence-electron chi connectivity index (χ0n) is 18.4. The number of unbranched alkanes of at least 4 members (excludes halogenated alkanes) is 1. The molecule has 3 N–H and O–H groups in total. The molecule has 0 amide bonds. The molecule has 31 heavy (non-hydrogen) atoms. The van der Waals surface area contributed by atoms with Gasteiger partial charge in [-0.15, -0.1) is 0 Å². The molecule has 0 aliphatic heterocycles. The lowest BCUT2D eigenvalue weighted by Crippen LogP contribution is -2.04. The van der Waals surface area contributed by atoms with E-state index in [4.69, 9.17) is 15.3 Å². The first-order valence-corrected chi connectivity index (χ1v) is 9.44. The van der Waals surface area contributed by atoms with Crippen molar-refractivity contribution in [3.63, 3.8) is 0 Å². The Bertz CT molecular complexity index is 679. The van der Waals surface area contributed by atoms with Gasteiger partial charge in [-0.05, 0) is 25.3 Å². The van der Waals surface area contributed by atoms with Crippen molar-refractivity contribution in [3.05, 3.63) is 79.4 Å². The highest BCUT2D eigenvalue weighted by Gasteiger charge is 2.00. The molecular weight excluding hydrogens is 400 g/mol. The molecule has 1 aromatic rings. The Balaban J connectivity index is -0.000000340. The van der Waals surface area contributed by atoms with E-state index in [0.29, 0.717) is 12.0 Å². The van der Waals surface area contributed by atoms with Gasteiger partial charge in [-0.1, -0.05) is 76.1 Å². The van der Waals surface area contributed by atoms with Crippen LogP contribution in [0.1, 0.15) is 38.7 Å². The van der Waals surface area contributed by atoms with Gasteiger partial charge in [-0.25, -0.2) is 14.4 Å². The predicted octanol–water partition coefficient (Wildman–Crippen LogP) is 4.50. The van der Waals surface area contributed by atoms with Gasteiger partial charge < -0.3 is 20.1 Å². The average Bonchev–Trinajstić information content (AvgIpc) is 2.77. The largest absolute Gasteiger partial charge is 0.478 e. The predicted molar refractivity (Wildman–Crippen MR) is 124 cm³/mol. The van der Waals surface area contributed by atoms with E-state index in [2.05, 4.69) is 31.1 Å². The van der Waals surface area contributed by atoms with Gasteiger partial charge in [-0.2, -0.15) is 0 Å². The molecule has 1 aromatic carbocycles. The minimum Gasteiger partial charge on any atom is -0.478 e. The zero-order chi connectivity index (χ0) is 24.7. The van der Waals surface area contributed by atoms with Gasteiger partial charge in [0.05, 0.1) is 6.61 Å². The number of esters is 1. The van der Waals surface area contributed by atoms with Crippen LogP contribution in [0.15, 0.2) is 73.9 Å². The summed E-state index contributed by atoms with van der Waals surface area (Å²) in [5.74, 6) is -2.31. The zero-order valence-corrected chi connectivity index (χ0v) is 18.4. The number of carboxylic acids is 2. The van der Waals surface area contributed by atoms with Crippen LogP contribution in [0, 0.1) is 0 Å². The average molecular weight is 435 g/mol. The third-order valence-corrected chi connectivity index (χ3v) is 3.04. The maximum Gasteiger partial charge on any atom is 0.330 e. The second-order valence-electron chi connectivity index (χ2n) is 5.81. The fourth-order valence-corrected chi connectivity index (χ4v) is 1.29. The monoisotopic (exact) mass is 434 g/mol. The highest BCUT2D eigenvalue weighted by atomic mass is 16.5. The highest BCUT2D eigenvalue weighted by Crippen LogP contribution is 2.03. The smallest absolute Gasteiger partial charge is 0.330 e. The summed E-state index contributed by atoms with van der Waals surface area (Å²) in [6, 6.07) is 10.0. The fourth-order valence-electron chi connectivity index (χ4n) is 1.29. The summed E-state index contributed by atoms with van der Waals surface area (Å²) in [6.45, 7) is 16.7. The summed E-state index contributed by atoms with van der Waals surface area (Å²) in [7, 11) is 0. The molecule has 172 valence electrons. The lowest BCUT2D eigenvalue weighted by Gasteiger charge is -1.95. The van der Waals surface area contributed by atoms with Crippen molar-refractivity contribution in [2.24, 2.45) is 0 Å². The molecule has 0 spiro atoms. The lowest BCUT2D eigenvalue weighted by atomic mass is 10.1. The molecule has 0 bridgehead atoms. The number of rotatable bonds is 9. The summed E-state index contributed by atoms with van der Waals surface area (Å²) in [5.41, 5.74) is 1.67. The Morgan fingerprint density at radius 2 is 1.55 bits per heavy atom. The molecule has 1 rings (SSSR count). The van der Waals surface area contributed by atoms with E-state index in [-0.39, 0.29) is 18.8 Å². The van der Waals surface area contributed by atoms with E-state index in [1.54, 1.807) is 0 Å². The molecule has 7 heteroatoms. The Hall–Kier alpha value is -3.45. The molecule has 0 saturated carbocycles. The van der Waals surface area contributed by atoms with Gasteiger partial charge >= 0.3 is 17.9 Å². The summed E-state index contributed by atoms with van der Waals surface area (Å²) in [5, 5.41) is 24.3. The van der Waals surface area contributed by atoms with Crippen molar-refractivity contribution in [2.75, 3.05) is 13.2 Å². The summed E-state index contributed by atoms with van der Waals surface area (Å²) >= 11 is 0. The number of aliphatic carboxylic acids is 2. The number of hydrogen-bond acceptors (Lipinski definition) is 5. The number of carbonyl (C=O) groups is 3. The molecule has 0 aliphatic rings. The normalized spacial score (nSPS) is 8.35. The number of carbonyl (C=O) groups excluding carboxylic acids is 1. The van der Waals surface area contributed by atoms with Crippen LogP contribution in [0.4, 0.5) is 0 Å². The molecule has 7 nitrogen and oxygen atoms in total. The first-order valence-electron chi connectivity index (χ1n) is 9.44. The lowest BCUT2D eigenvalue weighted by molar-refractivity contribution is -0.138. The molecule has 0 heterocycles. The Labute approximate surface area is 184 Å². The van der Waals surface area contributed by atoms with E-state index >= 15 is 0 Å². The number of hydrogen-bond donors (Lipinski definition) is 3. The molecule has 0 unspecified atom stereocenters. The van der Waals surface area contributed by atoms with Crippen molar-refractivity contribution >= 4 is 24.0 Å². The van der Waals surface area contributed by atoms with E-state index in [0.717, 1.165) is 18.9 Å². The second kappa shape index (κ2) is 22.8. The number of benzene rings is 1. The van der Waals surface area contributed by atoms with Crippen LogP contribution in [-0.4, -0.2) is 46.4 Å². The van der Waals surface area contributed by atoms with Gasteiger partial charge in [0.1, 0.15) is 6.61 Å². The van der Waals surface area contributed by atoms with Crippen molar-refractivity contribution < 1.29 is 34.4 Å². The molecule has 0 aliphatic carbocycles. The van der Waals surface area contributed by atoms with Gasteiger partial charge in [0.2, 0.25) is 0 Å². The quantitative estimate of drug-likeness (QED) is 0.386. The minimum absolute atomic E-state index is 0.0465. The summed E-state index contributed by atoms with van der Waals surface area (Å²) in [6.07, 6.45) is 5.44. The molecule has 0 saturated heterocycles. The number of aliphatic hydroxyl groups is 1. The van der Waals surface area contributed by atoms with Crippen LogP contribution in [0.25, 0.3) is 6.08 Å². The molecule has 0 radical (unpaired) electrons. The second-order valence-corrected chi connectivity index (χ2v) is 5.81. The molecule has 0 fully saturated rings. The number of aliphatic hydroxyl groups excluding tert-OH is 1. The molecule has 0 aromatic heterocycles. The fraction of sp³-hybridized carbons (Fsp3) is 0.292. The van der Waals surface area contributed by atoms with E-state index < -0.39 is 17.9 Å². The van der Waals surface area contributed by atoms with Gasteiger partial charge in [0.25, 0.3) is 0 Å². The van der Waals surface area contributed by atoms with Gasteiger partial charge in [0, 0.05) is 17.2 Å². The Morgan fingerprint density at radius 1 is 1.03 bits per heavy atom. The molecule has 0 atom stereocenters. The molecular formula is C24H34O7. The van der Waals surface area contributed by atoms with Gasteiger partial charge in [0.15, 0.2) is 0 Å². The third kappa shape index (κ3) is 26.6. The van der Waals surface area contributed by atoms with Crippen LogP contribution < -0.4 is 0 Å². The first-order chi connectivity index (χ1) is 14.6. The first kappa shape index (κ1) is 32.2. The SMILES string of the molecule is C=C(C)C(=O)O.C=C(CCCC)C(=O)O.C=CC(=O)OCCO.C=Cc1ccccc1. The van der Waals surface area contributed by atoms with Crippen LogP contribution in [0.3, 0.4) is 0 Å². The number of ether oxygens (including phenoxy) is 1. The van der Waals surface area contributed by atoms with Crippen LogP contribution in [0.5, 0.6) is 0 Å². The summed E-state index contributed by atoms with van der Waals surface area (Å²) in [4.78, 5) is 29.8. The van der Waals surface area contributed by atoms with Crippen molar-refractivity contribution in [2.45, 2.75) is 33.1 Å². The van der Waals surface area contributed by atoms with Gasteiger partial charge in [-0.3, -0.25) is 0 Å². The van der Waals surface area contributed by atoms with E-state index in [1.807, 2.05) is 43.3 Å². The number of carboxylic acid groups (broad SMARTS) is 2. The topological polar surface area (TPSA) is 121 Å². The van der Waals surface area contributed by atoms with Crippen molar-refractivity contribution in [3.8, 4) is 0 Å². The third-order valence-electron chi connectivity index (χ3n) is 3.04. The van der Waals surface area contributed by atoms with Crippen molar-refractivity contribution in [1.29, 1.82) is 0 Å². The van der Waals surface area contributed by atoms with E-state index in [1.165, 1.54) is 12.5 Å². The Morgan fingerprint density at radius 3 is 1.84 bits per heavy atom. The van der Waals surface area contributed by atoms with Crippen molar-refractivity contribution in [1.82, 2.24) is 0 Å².